The fraction of sp³-hybridized carbons (Fsp3) is 0.0526. The zero-order valence-electron chi connectivity index (χ0n) is 15.7. The molecule has 0 aliphatic heterocycles. The third-order valence-corrected chi connectivity index (χ3v) is 5.19. The molecule has 5 nitrogen and oxygen atoms in total. The van der Waals surface area contributed by atoms with Gasteiger partial charge in [-0.25, -0.2) is 4.39 Å². The molecule has 0 bridgehead atoms. The Morgan fingerprint density at radius 1 is 1.03 bits per heavy atom. The Kier molecular flexibility index (Phi) is 4.89. The molecule has 0 fully saturated rings. The van der Waals surface area contributed by atoms with Crippen molar-refractivity contribution >= 4 is 21.8 Å². The van der Waals surface area contributed by atoms with E-state index in [2.05, 4.69) is 5.32 Å². The number of amides is 1. The third kappa shape index (κ3) is 5.40. The lowest BCUT2D eigenvalue weighted by Gasteiger charge is -2.40. The van der Waals surface area contributed by atoms with Gasteiger partial charge in [0, 0.05) is 16.9 Å². The maximum atomic E-state index is 13.3. The normalized spacial score (nSPS) is 13.8. The first kappa shape index (κ1) is 22.3. The highest BCUT2D eigenvalue weighted by Crippen LogP contribution is 3.02. The molecule has 31 heavy (non-hydrogen) atoms. The van der Waals surface area contributed by atoms with Crippen LogP contribution in [-0.2, 0) is 0 Å². The monoisotopic (exact) mass is 465 g/mol. The lowest BCUT2D eigenvalue weighted by Crippen LogP contribution is -2.29. The molecule has 166 valence electrons. The largest absolute Gasteiger partial charge is 0.456 e. The van der Waals surface area contributed by atoms with Crippen LogP contribution in [0, 0.1) is 12.7 Å². The fourth-order valence-corrected chi connectivity index (χ4v) is 3.25. The second kappa shape index (κ2) is 6.80. The van der Waals surface area contributed by atoms with Gasteiger partial charge in [-0.1, -0.05) is 19.4 Å². The van der Waals surface area contributed by atoms with Crippen molar-refractivity contribution in [2.24, 2.45) is 0 Å². The molecule has 2 N–H and O–H groups in total. The maximum absolute atomic E-state index is 13.3. The highest BCUT2D eigenvalue weighted by atomic mass is 32.5. The number of ether oxygens (including phenoxy) is 1. The number of anilines is 1. The molecule has 1 amide bonds. The van der Waals surface area contributed by atoms with Gasteiger partial charge in [-0.3, -0.25) is 10.0 Å². The molecule has 0 aliphatic rings. The SMILES string of the molecule is Cc1cc(F)ccc1Oc1cc(S(F)(F)(F)(F)F)ccc1C(=O)Nc1ccc[n+](O)c1. The van der Waals surface area contributed by atoms with Gasteiger partial charge >= 0.3 is 10.2 Å². The van der Waals surface area contributed by atoms with Crippen molar-refractivity contribution in [3.8, 4) is 11.5 Å². The average molecular weight is 465 g/mol. The molecule has 0 spiro atoms. The number of halogens is 6. The van der Waals surface area contributed by atoms with Gasteiger partial charge in [0.2, 0.25) is 12.4 Å². The van der Waals surface area contributed by atoms with Crippen LogP contribution in [0.15, 0.2) is 65.8 Å². The number of rotatable bonds is 5. The van der Waals surface area contributed by atoms with Gasteiger partial charge in [-0.05, 0) is 48.9 Å². The number of aromatic nitrogens is 1. The lowest BCUT2D eigenvalue weighted by atomic mass is 10.1. The number of nitrogens with zero attached hydrogens (tertiary/aromatic N) is 1. The molecule has 0 atom stereocenters. The van der Waals surface area contributed by atoms with Crippen LogP contribution in [-0.4, -0.2) is 11.1 Å². The van der Waals surface area contributed by atoms with E-state index in [9.17, 15) is 33.8 Å². The number of carbonyl (C=O) groups is 1. The van der Waals surface area contributed by atoms with E-state index in [1.54, 1.807) is 0 Å². The summed E-state index contributed by atoms with van der Waals surface area (Å²) in [6.45, 7) is 1.39. The summed E-state index contributed by atoms with van der Waals surface area (Å²) >= 11 is 0. The standard InChI is InChI=1S/C19H14F6N2O3S/c1-12-9-13(20)4-7-17(12)30-18-10-15(31(21,22,23,24)25)5-6-16(18)19(28)26-14-3-2-8-27(29)11-14/h2-11H,1H3,(H-,26,28,29)/p+1. The first-order valence-corrected chi connectivity index (χ1v) is 10.4. The van der Waals surface area contributed by atoms with Crippen LogP contribution in [0.1, 0.15) is 15.9 Å². The second-order valence-corrected chi connectivity index (χ2v) is 8.97. The average Bonchev–Trinajstić information content (AvgIpc) is 2.62. The van der Waals surface area contributed by atoms with Crippen molar-refractivity contribution in [1.29, 1.82) is 0 Å². The Hall–Kier alpha value is -3.41. The number of benzene rings is 2. The van der Waals surface area contributed by atoms with Crippen LogP contribution in [0.4, 0.5) is 29.5 Å². The highest BCUT2D eigenvalue weighted by Gasteiger charge is 2.65. The van der Waals surface area contributed by atoms with Crippen molar-refractivity contribution in [2.75, 3.05) is 5.32 Å². The molecule has 0 unspecified atom stereocenters. The molecule has 1 aromatic heterocycles. The predicted molar refractivity (Wildman–Crippen MR) is 101 cm³/mol. The Morgan fingerprint density at radius 3 is 2.35 bits per heavy atom. The van der Waals surface area contributed by atoms with Gasteiger partial charge < -0.3 is 10.1 Å². The first-order valence-electron chi connectivity index (χ1n) is 8.46. The minimum atomic E-state index is -10.1. The summed E-state index contributed by atoms with van der Waals surface area (Å²) in [4.78, 5) is 10.3. The lowest BCUT2D eigenvalue weighted by molar-refractivity contribution is -0.904. The summed E-state index contributed by atoms with van der Waals surface area (Å²) in [6.07, 6.45) is 2.33. The zero-order valence-corrected chi connectivity index (χ0v) is 16.5. The summed E-state index contributed by atoms with van der Waals surface area (Å²) in [7, 11) is -10.1. The minimum absolute atomic E-state index is 0.0243. The summed E-state index contributed by atoms with van der Waals surface area (Å²) in [5, 5.41) is 11.7. The zero-order chi connectivity index (χ0) is 23.1. The molecule has 0 saturated carbocycles. The Bertz CT molecular complexity index is 1190. The number of hydrogen-bond donors (Lipinski definition) is 2. The fourth-order valence-electron chi connectivity index (χ4n) is 2.60. The smallest absolute Gasteiger partial charge is 0.310 e. The van der Waals surface area contributed by atoms with Crippen LogP contribution in [0.5, 0.6) is 11.5 Å². The molecular weight excluding hydrogens is 450 g/mol. The minimum Gasteiger partial charge on any atom is -0.456 e. The van der Waals surface area contributed by atoms with Crippen molar-refractivity contribution in [1.82, 2.24) is 0 Å². The Balaban J connectivity index is 2.08. The third-order valence-electron chi connectivity index (χ3n) is 4.04. The van der Waals surface area contributed by atoms with E-state index in [0.717, 1.165) is 24.4 Å². The molecule has 12 heteroatoms. The molecule has 0 saturated heterocycles. The molecular formula is C19H15F6N2O3S+. The molecule has 0 aliphatic carbocycles. The molecule has 1 heterocycles. The van der Waals surface area contributed by atoms with E-state index >= 15 is 0 Å². The van der Waals surface area contributed by atoms with E-state index in [4.69, 9.17) is 4.74 Å². The molecule has 2 aromatic carbocycles. The van der Waals surface area contributed by atoms with Crippen molar-refractivity contribution in [3.05, 3.63) is 77.9 Å². The van der Waals surface area contributed by atoms with Crippen molar-refractivity contribution in [3.63, 3.8) is 0 Å². The summed E-state index contributed by atoms with van der Waals surface area (Å²) in [6, 6.07) is 6.46. The van der Waals surface area contributed by atoms with E-state index in [0.29, 0.717) is 10.8 Å². The highest BCUT2D eigenvalue weighted by molar-refractivity contribution is 8.45. The van der Waals surface area contributed by atoms with Crippen molar-refractivity contribution in [2.45, 2.75) is 11.8 Å². The van der Waals surface area contributed by atoms with Gasteiger partial charge in [-0.15, -0.1) is 0 Å². The second-order valence-electron chi connectivity index (χ2n) is 6.57. The Labute approximate surface area is 172 Å². The van der Waals surface area contributed by atoms with Crippen LogP contribution < -0.4 is 14.8 Å². The van der Waals surface area contributed by atoms with Crippen LogP contribution in [0.2, 0.25) is 0 Å². The van der Waals surface area contributed by atoms with Gasteiger partial charge in [0.1, 0.15) is 27.9 Å². The van der Waals surface area contributed by atoms with E-state index in [1.165, 1.54) is 25.3 Å². The topological polar surface area (TPSA) is 62.4 Å². The molecule has 0 radical (unpaired) electrons. The number of aryl methyl sites for hydroxylation is 1. The number of pyridine rings is 1. The van der Waals surface area contributed by atoms with Gasteiger partial charge in [0.15, 0.2) is 0 Å². The van der Waals surface area contributed by atoms with E-state index in [1.807, 2.05) is 0 Å². The van der Waals surface area contributed by atoms with Crippen LogP contribution >= 0.6 is 10.2 Å². The predicted octanol–water partition coefficient (Wildman–Crippen LogP) is 6.36. The van der Waals surface area contributed by atoms with Gasteiger partial charge in [0.25, 0.3) is 5.91 Å². The maximum Gasteiger partial charge on any atom is 0.310 e. The number of hydrogen-bond acceptors (Lipinski definition) is 3. The van der Waals surface area contributed by atoms with Gasteiger partial charge in [0.05, 0.1) is 5.56 Å². The van der Waals surface area contributed by atoms with Crippen LogP contribution in [0.25, 0.3) is 0 Å². The first-order chi connectivity index (χ1) is 14.1. The van der Waals surface area contributed by atoms with E-state index in [-0.39, 0.29) is 29.1 Å². The molecule has 3 aromatic rings. The Morgan fingerprint density at radius 2 is 1.74 bits per heavy atom. The summed E-state index contributed by atoms with van der Waals surface area (Å²) in [5.74, 6) is -2.59. The quantitative estimate of drug-likeness (QED) is 0.262. The summed E-state index contributed by atoms with van der Waals surface area (Å²) < 4.78 is 85.7. The number of carbonyl (C=O) groups excluding carboxylic acids is 1. The molecule has 3 rings (SSSR count). The van der Waals surface area contributed by atoms with Crippen LogP contribution in [0.3, 0.4) is 0 Å². The summed E-state index contributed by atoms with van der Waals surface area (Å²) in [5.41, 5.74) is -0.271. The van der Waals surface area contributed by atoms with Crippen molar-refractivity contribution < 1.29 is 43.3 Å². The van der Waals surface area contributed by atoms with Gasteiger partial charge in [-0.2, -0.15) is 0 Å². The van der Waals surface area contributed by atoms with E-state index < -0.39 is 38.2 Å². The number of nitrogens with one attached hydrogen (secondary N) is 1.